The number of rotatable bonds is 4. The molecule has 0 bridgehead atoms. The van der Waals surface area contributed by atoms with Crippen molar-refractivity contribution in [3.63, 3.8) is 0 Å². The van der Waals surface area contributed by atoms with Gasteiger partial charge in [-0.05, 0) is 24.1 Å². The van der Waals surface area contributed by atoms with Crippen molar-refractivity contribution in [2.24, 2.45) is 0 Å². The highest BCUT2D eigenvalue weighted by atomic mass is 16.5. The number of hydrogen-bond donors (Lipinski definition) is 0. The topological polar surface area (TPSA) is 50.6 Å². The lowest BCUT2D eigenvalue weighted by atomic mass is 9.92. The minimum Gasteiger partial charge on any atom is -0.495 e. The van der Waals surface area contributed by atoms with Crippen LogP contribution in [0.2, 0.25) is 0 Å². The van der Waals surface area contributed by atoms with Crippen LogP contribution in [0.5, 0.6) is 5.75 Å². The molecule has 0 aliphatic carbocycles. The lowest BCUT2D eigenvalue weighted by Gasteiger charge is -2.36. The minimum absolute atomic E-state index is 0.0397. The van der Waals surface area contributed by atoms with Crippen LogP contribution in [0.4, 0.5) is 5.69 Å². The molecule has 0 unspecified atom stereocenters. The third-order valence-electron chi connectivity index (χ3n) is 6.48. The molecule has 0 N–H and O–H groups in total. The number of benzene rings is 2. The zero-order valence-electron chi connectivity index (χ0n) is 17.9. The molecule has 6 nitrogen and oxygen atoms in total. The first-order valence-electron chi connectivity index (χ1n) is 11.0. The summed E-state index contributed by atoms with van der Waals surface area (Å²) in [5, 5.41) is 0. The second-order valence-corrected chi connectivity index (χ2v) is 8.29. The zero-order chi connectivity index (χ0) is 21.2. The highest BCUT2D eigenvalue weighted by molar-refractivity contribution is 5.92. The van der Waals surface area contributed by atoms with E-state index >= 15 is 0 Å². The molecule has 1 amide bonds. The van der Waals surface area contributed by atoms with Gasteiger partial charge in [0, 0.05) is 51.3 Å². The van der Waals surface area contributed by atoms with Crippen LogP contribution < -0.4 is 9.64 Å². The molecule has 31 heavy (non-hydrogen) atoms. The average molecular weight is 417 g/mol. The lowest BCUT2D eigenvalue weighted by Crippen LogP contribution is -2.49. The van der Waals surface area contributed by atoms with Gasteiger partial charge in [-0.15, -0.1) is 0 Å². The first-order valence-corrected chi connectivity index (χ1v) is 11.0. The number of hydrogen-bond acceptors (Lipinski definition) is 4. The van der Waals surface area contributed by atoms with Gasteiger partial charge in [0.1, 0.15) is 17.3 Å². The van der Waals surface area contributed by atoms with E-state index in [1.807, 2.05) is 29.3 Å². The molecule has 2 aliphatic rings. The first-order chi connectivity index (χ1) is 15.2. The summed E-state index contributed by atoms with van der Waals surface area (Å²) in [6, 6.07) is 18.7. The van der Waals surface area contributed by atoms with Crippen LogP contribution in [0.15, 0.2) is 60.8 Å². The van der Waals surface area contributed by atoms with Crippen LogP contribution >= 0.6 is 0 Å². The number of carbonyl (C=O) groups excluding carboxylic acids is 1. The van der Waals surface area contributed by atoms with Crippen LogP contribution in [0.25, 0.3) is 0 Å². The summed E-state index contributed by atoms with van der Waals surface area (Å²) >= 11 is 0. The van der Waals surface area contributed by atoms with E-state index in [2.05, 4.69) is 45.9 Å². The molecule has 160 valence electrons. The van der Waals surface area contributed by atoms with Crippen LogP contribution in [-0.4, -0.2) is 53.6 Å². The Morgan fingerprint density at radius 1 is 1.00 bits per heavy atom. The molecule has 3 aromatic rings. The number of aryl methyl sites for hydroxylation is 1. The van der Waals surface area contributed by atoms with E-state index in [4.69, 9.17) is 9.72 Å². The van der Waals surface area contributed by atoms with Crippen molar-refractivity contribution < 1.29 is 9.53 Å². The number of amides is 1. The van der Waals surface area contributed by atoms with E-state index in [1.54, 1.807) is 7.11 Å². The van der Waals surface area contributed by atoms with E-state index in [-0.39, 0.29) is 5.91 Å². The zero-order valence-corrected chi connectivity index (χ0v) is 17.9. The van der Waals surface area contributed by atoms with Crippen molar-refractivity contribution in [2.45, 2.75) is 25.3 Å². The molecule has 6 heteroatoms. The molecule has 1 aromatic heterocycles. The Morgan fingerprint density at radius 3 is 2.52 bits per heavy atom. The summed E-state index contributed by atoms with van der Waals surface area (Å²) in [5.74, 6) is 2.42. The van der Waals surface area contributed by atoms with Crippen molar-refractivity contribution in [3.05, 3.63) is 77.9 Å². The molecule has 0 spiro atoms. The van der Waals surface area contributed by atoms with Gasteiger partial charge in [-0.25, -0.2) is 4.98 Å². The van der Waals surface area contributed by atoms with Crippen LogP contribution in [0, 0.1) is 0 Å². The average Bonchev–Trinajstić information content (AvgIpc) is 3.28. The standard InChI is InChI=1S/C25H28N4O2/c1-31-23-10-6-5-9-22(23)27-13-15-28(16-14-27)25(30)21-18-29-17-20(11-12-24(29)26-21)19-7-3-2-4-8-19/h2-10,18,20H,11-17H2,1H3/t20-/m0/s1. The summed E-state index contributed by atoms with van der Waals surface area (Å²) in [7, 11) is 1.70. The molecule has 1 saturated heterocycles. The number of aromatic nitrogens is 2. The second-order valence-electron chi connectivity index (χ2n) is 8.29. The summed E-state index contributed by atoms with van der Waals surface area (Å²) in [5.41, 5.74) is 3.03. The molecule has 5 rings (SSSR count). The predicted octanol–water partition coefficient (Wildman–Crippen LogP) is 3.58. The SMILES string of the molecule is COc1ccccc1N1CCN(C(=O)c2cn3c(n2)CC[C@H](c2ccccc2)C3)CC1. The van der Waals surface area contributed by atoms with E-state index in [0.29, 0.717) is 24.7 Å². The van der Waals surface area contributed by atoms with Gasteiger partial charge in [0.15, 0.2) is 0 Å². The van der Waals surface area contributed by atoms with Gasteiger partial charge in [-0.3, -0.25) is 4.79 Å². The monoisotopic (exact) mass is 416 g/mol. The largest absolute Gasteiger partial charge is 0.495 e. The normalized spacial score (nSPS) is 18.5. The molecule has 2 aliphatic heterocycles. The number of carbonyl (C=O) groups is 1. The number of para-hydroxylation sites is 2. The Balaban J connectivity index is 1.25. The van der Waals surface area contributed by atoms with Crippen LogP contribution in [-0.2, 0) is 13.0 Å². The van der Waals surface area contributed by atoms with E-state index in [9.17, 15) is 4.79 Å². The van der Waals surface area contributed by atoms with Crippen molar-refractivity contribution >= 4 is 11.6 Å². The number of fused-ring (bicyclic) bond motifs is 1. The Bertz CT molecular complexity index is 1050. The summed E-state index contributed by atoms with van der Waals surface area (Å²) in [6.07, 6.45) is 3.94. The summed E-state index contributed by atoms with van der Waals surface area (Å²) in [4.78, 5) is 22.0. The summed E-state index contributed by atoms with van der Waals surface area (Å²) < 4.78 is 7.67. The van der Waals surface area contributed by atoms with Gasteiger partial charge in [-0.1, -0.05) is 42.5 Å². The van der Waals surface area contributed by atoms with Gasteiger partial charge in [0.05, 0.1) is 12.8 Å². The molecule has 3 heterocycles. The van der Waals surface area contributed by atoms with Crippen LogP contribution in [0.1, 0.15) is 34.2 Å². The fraction of sp³-hybridized carbons (Fsp3) is 0.360. The number of anilines is 1. The Morgan fingerprint density at radius 2 is 1.74 bits per heavy atom. The fourth-order valence-electron chi connectivity index (χ4n) is 4.75. The number of ether oxygens (including phenoxy) is 1. The number of methoxy groups -OCH3 is 1. The quantitative estimate of drug-likeness (QED) is 0.652. The van der Waals surface area contributed by atoms with Gasteiger partial charge in [0.25, 0.3) is 5.91 Å². The second kappa shape index (κ2) is 8.46. The smallest absolute Gasteiger partial charge is 0.274 e. The predicted molar refractivity (Wildman–Crippen MR) is 121 cm³/mol. The highest BCUT2D eigenvalue weighted by Gasteiger charge is 2.28. The van der Waals surface area contributed by atoms with E-state index in [1.165, 1.54) is 5.56 Å². The highest BCUT2D eigenvalue weighted by Crippen LogP contribution is 2.30. The van der Waals surface area contributed by atoms with Gasteiger partial charge < -0.3 is 19.1 Å². The van der Waals surface area contributed by atoms with Crippen molar-refractivity contribution in [1.82, 2.24) is 14.5 Å². The Kier molecular flexibility index (Phi) is 5.37. The van der Waals surface area contributed by atoms with Gasteiger partial charge >= 0.3 is 0 Å². The number of piperazine rings is 1. The number of nitrogens with zero attached hydrogens (tertiary/aromatic N) is 4. The third kappa shape index (κ3) is 3.90. The Labute approximate surface area is 183 Å². The molecule has 0 saturated carbocycles. The Hall–Kier alpha value is -3.28. The van der Waals surface area contributed by atoms with E-state index < -0.39 is 0 Å². The molecular weight excluding hydrogens is 388 g/mol. The molecular formula is C25H28N4O2. The maximum Gasteiger partial charge on any atom is 0.274 e. The van der Waals surface area contributed by atoms with Crippen LogP contribution in [0.3, 0.4) is 0 Å². The van der Waals surface area contributed by atoms with Crippen molar-refractivity contribution in [1.29, 1.82) is 0 Å². The van der Waals surface area contributed by atoms with Gasteiger partial charge in [0.2, 0.25) is 0 Å². The third-order valence-corrected chi connectivity index (χ3v) is 6.48. The minimum atomic E-state index is 0.0397. The van der Waals surface area contributed by atoms with E-state index in [0.717, 1.165) is 49.7 Å². The molecule has 2 aromatic carbocycles. The maximum atomic E-state index is 13.1. The van der Waals surface area contributed by atoms with Crippen molar-refractivity contribution in [2.75, 3.05) is 38.2 Å². The molecule has 1 fully saturated rings. The molecule has 0 radical (unpaired) electrons. The van der Waals surface area contributed by atoms with Crippen molar-refractivity contribution in [3.8, 4) is 5.75 Å². The molecule has 1 atom stereocenters. The fourth-order valence-corrected chi connectivity index (χ4v) is 4.75. The number of imidazole rings is 1. The lowest BCUT2D eigenvalue weighted by molar-refractivity contribution is 0.0741. The first kappa shape index (κ1) is 19.7. The maximum absolute atomic E-state index is 13.1. The summed E-state index contributed by atoms with van der Waals surface area (Å²) in [6.45, 7) is 3.84. The van der Waals surface area contributed by atoms with Gasteiger partial charge in [-0.2, -0.15) is 0 Å².